The van der Waals surface area contributed by atoms with Gasteiger partial charge in [0.25, 0.3) is 0 Å². The van der Waals surface area contributed by atoms with Crippen molar-refractivity contribution in [3.63, 3.8) is 0 Å². The molecule has 3 aromatic carbocycles. The minimum Gasteiger partial charge on any atom is -0.478 e. The molecule has 3 aromatic rings. The molecular formula is C22H19F2NO4S. The summed E-state index contributed by atoms with van der Waals surface area (Å²) in [6, 6.07) is 16.2. The summed E-state index contributed by atoms with van der Waals surface area (Å²) < 4.78 is 53.9. The second-order valence-electron chi connectivity index (χ2n) is 6.67. The number of carbonyl (C=O) groups is 1. The largest absolute Gasteiger partial charge is 0.478 e. The lowest BCUT2D eigenvalue weighted by molar-refractivity contribution is 0.0697. The Bertz CT molecular complexity index is 1110. The molecule has 0 saturated carbocycles. The average Bonchev–Trinajstić information content (AvgIpc) is 2.73. The van der Waals surface area contributed by atoms with E-state index in [1.54, 1.807) is 24.3 Å². The molecule has 0 aliphatic heterocycles. The van der Waals surface area contributed by atoms with Gasteiger partial charge in [-0.3, -0.25) is 0 Å². The molecule has 8 heteroatoms. The summed E-state index contributed by atoms with van der Waals surface area (Å²) in [6.45, 7) is 0.104. The highest BCUT2D eigenvalue weighted by Gasteiger charge is 2.24. The maximum atomic E-state index is 13.2. The zero-order valence-electron chi connectivity index (χ0n) is 15.8. The van der Waals surface area contributed by atoms with E-state index >= 15 is 0 Å². The van der Waals surface area contributed by atoms with Gasteiger partial charge in [0.2, 0.25) is 10.0 Å². The van der Waals surface area contributed by atoms with Gasteiger partial charge >= 0.3 is 5.97 Å². The van der Waals surface area contributed by atoms with E-state index in [9.17, 15) is 22.0 Å². The highest BCUT2D eigenvalue weighted by atomic mass is 32.2. The van der Waals surface area contributed by atoms with Crippen LogP contribution in [0.15, 0.2) is 77.7 Å². The molecule has 0 spiro atoms. The predicted octanol–water partition coefficient (Wildman–Crippen LogP) is 4.10. The van der Waals surface area contributed by atoms with E-state index in [-0.39, 0.29) is 29.4 Å². The fraction of sp³-hybridized carbons (Fsp3) is 0.136. The van der Waals surface area contributed by atoms with Crippen LogP contribution in [0.1, 0.15) is 21.5 Å². The molecule has 0 heterocycles. The number of rotatable bonds is 8. The van der Waals surface area contributed by atoms with Gasteiger partial charge in [0.1, 0.15) is 11.6 Å². The van der Waals surface area contributed by atoms with Crippen molar-refractivity contribution in [2.24, 2.45) is 0 Å². The van der Waals surface area contributed by atoms with Gasteiger partial charge in [0.15, 0.2) is 0 Å². The van der Waals surface area contributed by atoms with E-state index in [4.69, 9.17) is 5.11 Å². The summed E-state index contributed by atoms with van der Waals surface area (Å²) in [5.41, 5.74) is 1.46. The van der Waals surface area contributed by atoms with Gasteiger partial charge in [-0.05, 0) is 66.1 Å². The maximum Gasteiger partial charge on any atom is 0.335 e. The molecule has 5 nitrogen and oxygen atoms in total. The van der Waals surface area contributed by atoms with Crippen LogP contribution in [-0.4, -0.2) is 30.3 Å². The van der Waals surface area contributed by atoms with Crippen LogP contribution >= 0.6 is 0 Å². The molecule has 0 amide bonds. The number of carboxylic acid groups (broad SMARTS) is 1. The van der Waals surface area contributed by atoms with E-state index in [2.05, 4.69) is 0 Å². The molecule has 0 radical (unpaired) electrons. The Balaban J connectivity index is 1.87. The molecule has 3 rings (SSSR count). The van der Waals surface area contributed by atoms with Crippen molar-refractivity contribution in [2.75, 3.05) is 6.54 Å². The third-order valence-corrected chi connectivity index (χ3v) is 6.43. The summed E-state index contributed by atoms with van der Waals surface area (Å²) in [6.07, 6.45) is 0.341. The van der Waals surface area contributed by atoms with Gasteiger partial charge in [-0.2, -0.15) is 4.31 Å². The fourth-order valence-electron chi connectivity index (χ4n) is 2.90. The van der Waals surface area contributed by atoms with Crippen molar-refractivity contribution >= 4 is 16.0 Å². The summed E-state index contributed by atoms with van der Waals surface area (Å²) >= 11 is 0. The Morgan fingerprint density at radius 2 is 1.30 bits per heavy atom. The van der Waals surface area contributed by atoms with Crippen molar-refractivity contribution in [3.05, 3.63) is 101 Å². The molecule has 0 atom stereocenters. The Morgan fingerprint density at radius 1 is 0.800 bits per heavy atom. The van der Waals surface area contributed by atoms with Gasteiger partial charge in [0, 0.05) is 13.1 Å². The van der Waals surface area contributed by atoms with E-state index in [1.165, 1.54) is 40.7 Å². The molecule has 0 aliphatic rings. The minimum absolute atomic E-state index is 0.000797. The van der Waals surface area contributed by atoms with E-state index in [0.29, 0.717) is 12.0 Å². The monoisotopic (exact) mass is 431 g/mol. The van der Waals surface area contributed by atoms with Crippen molar-refractivity contribution in [1.82, 2.24) is 4.31 Å². The van der Waals surface area contributed by atoms with Gasteiger partial charge < -0.3 is 5.11 Å². The Kier molecular flexibility index (Phi) is 6.59. The van der Waals surface area contributed by atoms with Crippen LogP contribution in [0.3, 0.4) is 0 Å². The molecule has 0 fully saturated rings. The number of hydrogen-bond donors (Lipinski definition) is 1. The minimum atomic E-state index is -3.94. The predicted molar refractivity (Wildman–Crippen MR) is 108 cm³/mol. The zero-order chi connectivity index (χ0) is 21.7. The SMILES string of the molecule is O=C(O)c1ccc(CN(CCc2ccc(F)cc2)S(=O)(=O)c2ccc(F)cc2)cc1. The van der Waals surface area contributed by atoms with Crippen molar-refractivity contribution < 1.29 is 27.1 Å². The van der Waals surface area contributed by atoms with Crippen molar-refractivity contribution in [2.45, 2.75) is 17.9 Å². The first kappa shape index (κ1) is 21.6. The number of nitrogens with zero attached hydrogens (tertiary/aromatic N) is 1. The van der Waals surface area contributed by atoms with E-state index in [1.807, 2.05) is 0 Å². The number of aromatic carboxylic acids is 1. The molecule has 0 bridgehead atoms. The standard InChI is InChI=1S/C22H19F2NO4S/c23-19-7-3-16(4-8-19)13-14-25(15-17-1-5-18(6-2-17)22(26)27)30(28,29)21-11-9-20(24)10-12-21/h1-12H,13-15H2,(H,26,27). The van der Waals surface area contributed by atoms with Crippen LogP contribution < -0.4 is 0 Å². The first-order chi connectivity index (χ1) is 14.3. The summed E-state index contributed by atoms with van der Waals surface area (Å²) in [7, 11) is -3.94. The average molecular weight is 431 g/mol. The van der Waals surface area contributed by atoms with Crippen molar-refractivity contribution in [3.8, 4) is 0 Å². The number of sulfonamides is 1. The van der Waals surface area contributed by atoms with Crippen LogP contribution in [-0.2, 0) is 23.0 Å². The highest BCUT2D eigenvalue weighted by molar-refractivity contribution is 7.89. The van der Waals surface area contributed by atoms with Crippen LogP contribution in [0.5, 0.6) is 0 Å². The van der Waals surface area contributed by atoms with Crippen LogP contribution in [0, 0.1) is 11.6 Å². The second-order valence-corrected chi connectivity index (χ2v) is 8.61. The number of hydrogen-bond acceptors (Lipinski definition) is 3. The normalized spacial score (nSPS) is 11.6. The quantitative estimate of drug-likeness (QED) is 0.583. The first-order valence-corrected chi connectivity index (χ1v) is 10.5. The second kappa shape index (κ2) is 9.15. The molecule has 156 valence electrons. The molecule has 0 aliphatic carbocycles. The van der Waals surface area contributed by atoms with Gasteiger partial charge in [-0.15, -0.1) is 0 Å². The van der Waals surface area contributed by atoms with Crippen LogP contribution in [0.25, 0.3) is 0 Å². The van der Waals surface area contributed by atoms with Crippen molar-refractivity contribution in [1.29, 1.82) is 0 Å². The van der Waals surface area contributed by atoms with Gasteiger partial charge in [-0.1, -0.05) is 24.3 Å². The Labute approximate surface area is 173 Å². The Hall–Kier alpha value is -3.10. The van der Waals surface area contributed by atoms with Gasteiger partial charge in [0.05, 0.1) is 10.5 Å². The Morgan fingerprint density at radius 3 is 1.83 bits per heavy atom. The highest BCUT2D eigenvalue weighted by Crippen LogP contribution is 2.20. The van der Waals surface area contributed by atoms with Gasteiger partial charge in [-0.25, -0.2) is 22.0 Å². The molecule has 0 saturated heterocycles. The molecule has 0 unspecified atom stereocenters. The lowest BCUT2D eigenvalue weighted by atomic mass is 10.1. The fourth-order valence-corrected chi connectivity index (χ4v) is 4.33. The third-order valence-electron chi connectivity index (χ3n) is 4.57. The third kappa shape index (κ3) is 5.28. The number of benzene rings is 3. The zero-order valence-corrected chi connectivity index (χ0v) is 16.6. The summed E-state index contributed by atoms with van der Waals surface area (Å²) in [4.78, 5) is 11.0. The topological polar surface area (TPSA) is 74.7 Å². The maximum absolute atomic E-state index is 13.2. The van der Waals surface area contributed by atoms with E-state index < -0.39 is 21.8 Å². The lowest BCUT2D eigenvalue weighted by Crippen LogP contribution is -2.32. The first-order valence-electron chi connectivity index (χ1n) is 9.08. The molecule has 30 heavy (non-hydrogen) atoms. The smallest absolute Gasteiger partial charge is 0.335 e. The number of halogens is 2. The molecular weight excluding hydrogens is 412 g/mol. The molecule has 1 N–H and O–H groups in total. The number of carboxylic acids is 1. The van der Waals surface area contributed by atoms with Crippen LogP contribution in [0.4, 0.5) is 8.78 Å². The summed E-state index contributed by atoms with van der Waals surface area (Å²) in [5, 5.41) is 9.02. The lowest BCUT2D eigenvalue weighted by Gasteiger charge is -2.22. The molecule has 0 aromatic heterocycles. The summed E-state index contributed by atoms with van der Waals surface area (Å²) in [5.74, 6) is -2.00. The van der Waals surface area contributed by atoms with E-state index in [0.717, 1.165) is 17.7 Å². The van der Waals surface area contributed by atoms with Crippen LogP contribution in [0.2, 0.25) is 0 Å².